The molecule has 0 unspecified atom stereocenters. The molecular weight excluding hydrogens is 347 g/mol. The van der Waals surface area contributed by atoms with Crippen molar-refractivity contribution in [3.8, 4) is 0 Å². The first-order valence-corrected chi connectivity index (χ1v) is 9.97. The first-order chi connectivity index (χ1) is 12.4. The molecule has 4 aliphatic rings. The number of carbonyl (C=O) groups is 2. The number of rotatable bonds is 1. The SMILES string of the molecule is CC(=O)[C@@]1(O)CC[C@@H]2[C@@H]3C[C@H](C)C4=CC(=O)C=C[C@]4(C)[C@@]3(F)[C@H](O)C[C@@]21C. The summed E-state index contributed by atoms with van der Waals surface area (Å²) < 4.78 is 16.9. The second-order valence-corrected chi connectivity index (χ2v) is 9.75. The molecule has 27 heavy (non-hydrogen) atoms. The Labute approximate surface area is 159 Å². The maximum Gasteiger partial charge on any atom is 0.178 e. The highest BCUT2D eigenvalue weighted by molar-refractivity contribution is 6.01. The van der Waals surface area contributed by atoms with Gasteiger partial charge < -0.3 is 10.2 Å². The molecule has 0 amide bonds. The fraction of sp³-hybridized carbons (Fsp3) is 0.727. The summed E-state index contributed by atoms with van der Waals surface area (Å²) in [7, 11) is 0. The van der Waals surface area contributed by atoms with Crippen LogP contribution < -0.4 is 0 Å². The van der Waals surface area contributed by atoms with Crippen LogP contribution in [-0.4, -0.2) is 39.2 Å². The summed E-state index contributed by atoms with van der Waals surface area (Å²) in [5.74, 6) is -1.11. The lowest BCUT2D eigenvalue weighted by Crippen LogP contribution is -2.69. The summed E-state index contributed by atoms with van der Waals surface area (Å²) in [4.78, 5) is 24.2. The number of halogens is 1. The minimum Gasteiger partial charge on any atom is -0.390 e. The molecule has 0 aromatic carbocycles. The molecule has 3 fully saturated rings. The number of carbonyl (C=O) groups excluding carboxylic acids is 2. The molecule has 0 aliphatic heterocycles. The normalized spacial score (nSPS) is 54.0. The lowest BCUT2D eigenvalue weighted by molar-refractivity contribution is -0.219. The van der Waals surface area contributed by atoms with Gasteiger partial charge in [-0.15, -0.1) is 0 Å². The number of aliphatic hydroxyl groups is 2. The van der Waals surface area contributed by atoms with Gasteiger partial charge in [-0.1, -0.05) is 25.5 Å². The molecule has 0 aromatic heterocycles. The van der Waals surface area contributed by atoms with Gasteiger partial charge in [0.05, 0.1) is 6.10 Å². The average Bonchev–Trinajstić information content (AvgIpc) is 2.85. The van der Waals surface area contributed by atoms with Crippen molar-refractivity contribution < 1.29 is 24.2 Å². The molecular formula is C22H29FO4. The minimum atomic E-state index is -1.92. The van der Waals surface area contributed by atoms with Crippen molar-refractivity contribution in [2.24, 2.45) is 28.6 Å². The highest BCUT2D eigenvalue weighted by Crippen LogP contribution is 2.70. The van der Waals surface area contributed by atoms with Crippen molar-refractivity contribution in [1.29, 1.82) is 0 Å². The van der Waals surface area contributed by atoms with Crippen molar-refractivity contribution in [2.45, 2.75) is 70.8 Å². The van der Waals surface area contributed by atoms with E-state index in [0.29, 0.717) is 19.3 Å². The van der Waals surface area contributed by atoms with Crippen LogP contribution in [0.15, 0.2) is 23.8 Å². The summed E-state index contributed by atoms with van der Waals surface area (Å²) in [6.07, 6.45) is 4.68. The van der Waals surface area contributed by atoms with E-state index in [1.54, 1.807) is 13.0 Å². The number of allylic oxidation sites excluding steroid dienone is 4. The van der Waals surface area contributed by atoms with Crippen molar-refractivity contribution in [3.05, 3.63) is 23.8 Å². The van der Waals surface area contributed by atoms with Crippen LogP contribution >= 0.6 is 0 Å². The molecule has 4 nitrogen and oxygen atoms in total. The topological polar surface area (TPSA) is 74.6 Å². The summed E-state index contributed by atoms with van der Waals surface area (Å²) in [6.45, 7) is 7.01. The van der Waals surface area contributed by atoms with Crippen LogP contribution in [0.5, 0.6) is 0 Å². The summed E-state index contributed by atoms with van der Waals surface area (Å²) in [5, 5.41) is 22.3. The Balaban J connectivity index is 1.86. The Bertz CT molecular complexity index is 787. The second-order valence-electron chi connectivity index (χ2n) is 9.75. The number of hydrogen-bond donors (Lipinski definition) is 2. The zero-order valence-electron chi connectivity index (χ0n) is 16.5. The van der Waals surface area contributed by atoms with E-state index in [-0.39, 0.29) is 29.8 Å². The van der Waals surface area contributed by atoms with Gasteiger partial charge in [0.2, 0.25) is 0 Å². The number of fused-ring (bicyclic) bond motifs is 5. The van der Waals surface area contributed by atoms with Gasteiger partial charge in [-0.2, -0.15) is 0 Å². The standard InChI is InChI=1S/C22H29FO4/c1-12-9-17-15-6-8-21(27,13(2)24)20(15,4)11-18(26)22(17,23)19(3)7-5-14(25)10-16(12)19/h5,7,10,12,15,17-18,26-27H,6,8-9,11H2,1-4H3/t12-,15+,17-,18+,19-,20-,21-,22-/m0/s1. The molecule has 8 atom stereocenters. The Morgan fingerprint density at radius 3 is 2.59 bits per heavy atom. The van der Waals surface area contributed by atoms with E-state index < -0.39 is 34.1 Å². The van der Waals surface area contributed by atoms with E-state index in [0.717, 1.165) is 5.57 Å². The van der Waals surface area contributed by atoms with Crippen LogP contribution in [0.4, 0.5) is 4.39 Å². The van der Waals surface area contributed by atoms with E-state index in [4.69, 9.17) is 0 Å². The lowest BCUT2D eigenvalue weighted by Gasteiger charge is -2.63. The van der Waals surface area contributed by atoms with Gasteiger partial charge in [0, 0.05) is 16.7 Å². The Morgan fingerprint density at radius 2 is 1.96 bits per heavy atom. The van der Waals surface area contributed by atoms with Gasteiger partial charge in [-0.25, -0.2) is 4.39 Å². The van der Waals surface area contributed by atoms with Crippen molar-refractivity contribution in [3.63, 3.8) is 0 Å². The largest absolute Gasteiger partial charge is 0.390 e. The molecule has 0 heterocycles. The van der Waals surface area contributed by atoms with E-state index in [2.05, 4.69) is 0 Å². The molecule has 0 bridgehead atoms. The molecule has 2 N–H and O–H groups in total. The van der Waals surface area contributed by atoms with E-state index in [9.17, 15) is 19.8 Å². The molecule has 148 valence electrons. The number of alkyl halides is 1. The molecule has 0 aromatic rings. The zero-order valence-corrected chi connectivity index (χ0v) is 16.5. The van der Waals surface area contributed by atoms with Gasteiger partial charge >= 0.3 is 0 Å². The summed E-state index contributed by atoms with van der Waals surface area (Å²) in [5.41, 5.74) is -4.59. The maximum atomic E-state index is 16.9. The molecule has 5 heteroatoms. The average molecular weight is 376 g/mol. The molecule has 4 aliphatic carbocycles. The minimum absolute atomic E-state index is 0.00153. The Hall–Kier alpha value is -1.33. The number of aliphatic hydroxyl groups excluding tert-OH is 1. The molecule has 4 rings (SSSR count). The van der Waals surface area contributed by atoms with Crippen LogP contribution in [0.2, 0.25) is 0 Å². The molecule has 0 saturated heterocycles. The Kier molecular flexibility index (Phi) is 3.79. The quantitative estimate of drug-likeness (QED) is 0.738. The van der Waals surface area contributed by atoms with Crippen LogP contribution in [0.3, 0.4) is 0 Å². The number of ketones is 2. The van der Waals surface area contributed by atoms with Gasteiger partial charge in [0.15, 0.2) is 17.2 Å². The predicted octanol–water partition coefficient (Wildman–Crippen LogP) is 2.92. The van der Waals surface area contributed by atoms with Crippen LogP contribution in [0.1, 0.15) is 53.4 Å². The van der Waals surface area contributed by atoms with E-state index in [1.807, 2.05) is 13.8 Å². The second kappa shape index (κ2) is 5.38. The first-order valence-electron chi connectivity index (χ1n) is 9.97. The highest BCUT2D eigenvalue weighted by atomic mass is 19.1. The van der Waals surface area contributed by atoms with Crippen LogP contribution in [-0.2, 0) is 9.59 Å². The molecule has 0 spiro atoms. The summed E-state index contributed by atoms with van der Waals surface area (Å²) in [6, 6.07) is 0. The third-order valence-corrected chi connectivity index (χ3v) is 8.70. The lowest BCUT2D eigenvalue weighted by atomic mass is 9.43. The van der Waals surface area contributed by atoms with Crippen LogP contribution in [0, 0.1) is 28.6 Å². The molecule has 0 radical (unpaired) electrons. The smallest absolute Gasteiger partial charge is 0.178 e. The van der Waals surface area contributed by atoms with Gasteiger partial charge in [-0.05, 0) is 63.5 Å². The highest BCUT2D eigenvalue weighted by Gasteiger charge is 2.74. The van der Waals surface area contributed by atoms with Gasteiger partial charge in [-0.3, -0.25) is 9.59 Å². The van der Waals surface area contributed by atoms with Crippen LogP contribution in [0.25, 0.3) is 0 Å². The fourth-order valence-corrected chi connectivity index (χ4v) is 7.18. The predicted molar refractivity (Wildman–Crippen MR) is 98.5 cm³/mol. The Morgan fingerprint density at radius 1 is 1.30 bits per heavy atom. The summed E-state index contributed by atoms with van der Waals surface area (Å²) >= 11 is 0. The zero-order chi connectivity index (χ0) is 20.0. The fourth-order valence-electron chi connectivity index (χ4n) is 7.18. The third kappa shape index (κ3) is 2.00. The maximum absolute atomic E-state index is 16.9. The number of Topliss-reactive ketones (excluding diaryl/α,β-unsaturated/α-hetero) is 1. The van der Waals surface area contributed by atoms with Crippen molar-refractivity contribution >= 4 is 11.6 Å². The number of hydrogen-bond acceptors (Lipinski definition) is 4. The third-order valence-electron chi connectivity index (χ3n) is 8.70. The first kappa shape index (κ1) is 19.0. The molecule has 3 saturated carbocycles. The van der Waals surface area contributed by atoms with E-state index in [1.165, 1.54) is 19.1 Å². The van der Waals surface area contributed by atoms with Crippen molar-refractivity contribution in [2.75, 3.05) is 0 Å². The van der Waals surface area contributed by atoms with Gasteiger partial charge in [0.1, 0.15) is 5.60 Å². The van der Waals surface area contributed by atoms with Gasteiger partial charge in [0.25, 0.3) is 0 Å². The monoisotopic (exact) mass is 376 g/mol. The van der Waals surface area contributed by atoms with E-state index >= 15 is 4.39 Å². The van der Waals surface area contributed by atoms with Crippen molar-refractivity contribution in [1.82, 2.24) is 0 Å².